The third kappa shape index (κ3) is 16.2. The summed E-state index contributed by atoms with van der Waals surface area (Å²) in [4.78, 5) is 82.3. The van der Waals surface area contributed by atoms with E-state index in [0.717, 1.165) is 28.3 Å². The van der Waals surface area contributed by atoms with Gasteiger partial charge in [-0.15, -0.1) is 0 Å². The molecular formula is C80H66Cl5F3N2O8. The number of Topliss-reactive ketones (excluding diaryl/α,β-unsaturated/α-hetero) is 2. The molecule has 500 valence electrons. The van der Waals surface area contributed by atoms with Crippen LogP contribution in [0.2, 0.25) is 25.1 Å². The maximum absolute atomic E-state index is 14.7. The monoisotopic (exact) mass is 1410 g/mol. The van der Waals surface area contributed by atoms with Gasteiger partial charge < -0.3 is 8.83 Å². The van der Waals surface area contributed by atoms with E-state index < -0.39 is 57.3 Å². The maximum Gasteiger partial charge on any atom is 0.363 e. The second kappa shape index (κ2) is 29.2. The average Bonchev–Trinajstić information content (AvgIpc) is 0.754. The highest BCUT2D eigenvalue weighted by Crippen LogP contribution is 2.43. The highest BCUT2D eigenvalue weighted by atomic mass is 35.5. The van der Waals surface area contributed by atoms with Crippen molar-refractivity contribution in [3.8, 4) is 44.8 Å². The molecule has 0 aliphatic heterocycles. The molecule has 0 saturated heterocycles. The van der Waals surface area contributed by atoms with Gasteiger partial charge in [-0.1, -0.05) is 226 Å². The van der Waals surface area contributed by atoms with Crippen LogP contribution in [-0.2, 0) is 30.0 Å². The number of nitrogens with zero attached hydrogens (tertiary/aromatic N) is 2. The molecule has 18 heteroatoms. The van der Waals surface area contributed by atoms with Gasteiger partial charge in [0.2, 0.25) is 23.1 Å². The summed E-state index contributed by atoms with van der Waals surface area (Å²) in [7, 11) is 0. The summed E-state index contributed by atoms with van der Waals surface area (Å²) in [5.41, 5.74) is 6.76. The van der Waals surface area contributed by atoms with Gasteiger partial charge in [-0.05, 0) is 141 Å². The minimum absolute atomic E-state index is 0.0117. The van der Waals surface area contributed by atoms with Gasteiger partial charge in [0.15, 0.2) is 22.6 Å². The number of benzene rings is 8. The fourth-order valence-corrected chi connectivity index (χ4v) is 12.1. The predicted octanol–water partition coefficient (Wildman–Crippen LogP) is 21.7. The number of ketones is 4. The number of hydrogen-bond donors (Lipinski definition) is 0. The number of hydrogen-bond acceptors (Lipinski definition) is 10. The first-order chi connectivity index (χ1) is 45.9. The minimum Gasteiger partial charge on any atom is -0.419 e. The fraction of sp³-hybridized carbons (Fsp3) is 0.200. The number of aromatic nitrogens is 2. The number of rotatable bonds is 6. The maximum atomic E-state index is 14.7. The van der Waals surface area contributed by atoms with Crippen molar-refractivity contribution in [2.24, 2.45) is 10.8 Å². The van der Waals surface area contributed by atoms with Gasteiger partial charge in [0.05, 0.1) is 15.1 Å². The Morgan fingerprint density at radius 2 is 0.816 bits per heavy atom. The van der Waals surface area contributed by atoms with Crippen molar-refractivity contribution in [1.82, 2.24) is 9.97 Å². The van der Waals surface area contributed by atoms with Gasteiger partial charge in [0.1, 0.15) is 28.5 Å². The molecule has 2 aromatic heterocycles. The standard InChI is InChI=1S/C24H19Cl2NO2.C24H19ClFNO2.2C16H14ClFO2/c1-24(2,3)16-12-15(20-17(25)10-7-11-18(20)26)13-19-22(16)29-23(28)21(27-19)14-8-5-4-6-9-14;1-24(2,3)15-12-16(20-17(25)10-7-11-18(20)26)22-19(13-15)27-21(23(28)29-22)14-8-5-4-6-9-14;1-16(2,3)9-7-10(15(20)13(19)8-9)14-11(17)5-4-6-12(14)18;1-16(2,3)10-7-9(8-13(19)15(10)20)14-11(17)5-4-6-12(14)18/h2*4-13H,1-3H3;2*4-8H,1-3H3. The summed E-state index contributed by atoms with van der Waals surface area (Å²) in [5.74, 6) is -4.19. The van der Waals surface area contributed by atoms with Crippen molar-refractivity contribution in [1.29, 1.82) is 0 Å². The van der Waals surface area contributed by atoms with Crippen LogP contribution < -0.4 is 11.3 Å². The highest BCUT2D eigenvalue weighted by molar-refractivity contribution is 6.59. The molecule has 0 bridgehead atoms. The van der Waals surface area contributed by atoms with Gasteiger partial charge in [0, 0.05) is 65.7 Å². The molecular weight excluding hydrogens is 1350 g/mol. The molecule has 2 aliphatic carbocycles. The first kappa shape index (κ1) is 73.2. The van der Waals surface area contributed by atoms with Gasteiger partial charge in [-0.3, -0.25) is 19.2 Å². The molecule has 10 aromatic rings. The van der Waals surface area contributed by atoms with E-state index >= 15 is 0 Å². The Labute approximate surface area is 590 Å². The zero-order valence-corrected chi connectivity index (χ0v) is 59.3. The van der Waals surface area contributed by atoms with Crippen LogP contribution in [-0.4, -0.2) is 33.1 Å². The smallest absolute Gasteiger partial charge is 0.363 e. The van der Waals surface area contributed by atoms with Crippen LogP contribution in [0.25, 0.3) is 78.1 Å². The zero-order valence-electron chi connectivity index (χ0n) is 55.5. The largest absolute Gasteiger partial charge is 0.419 e. The predicted molar refractivity (Wildman–Crippen MR) is 389 cm³/mol. The van der Waals surface area contributed by atoms with Crippen LogP contribution in [0.15, 0.2) is 212 Å². The van der Waals surface area contributed by atoms with E-state index in [2.05, 4.69) is 51.5 Å². The van der Waals surface area contributed by atoms with E-state index in [1.807, 2.05) is 120 Å². The molecule has 2 aliphatic rings. The van der Waals surface area contributed by atoms with Crippen LogP contribution >= 0.6 is 58.0 Å². The lowest BCUT2D eigenvalue weighted by Crippen LogP contribution is -2.26. The Kier molecular flexibility index (Phi) is 21.8. The van der Waals surface area contributed by atoms with Crippen LogP contribution in [0.5, 0.6) is 0 Å². The Bertz CT molecular complexity index is 5000. The number of halogens is 8. The normalized spacial score (nSPS) is 13.5. The summed E-state index contributed by atoms with van der Waals surface area (Å²) in [6.07, 6.45) is 5.55. The first-order valence-corrected chi connectivity index (χ1v) is 32.8. The quantitative estimate of drug-likeness (QED) is 0.116. The third-order valence-electron chi connectivity index (χ3n) is 15.9. The first-order valence-electron chi connectivity index (χ1n) is 30.9. The summed E-state index contributed by atoms with van der Waals surface area (Å²) < 4.78 is 54.0. The molecule has 0 fully saturated rings. The van der Waals surface area contributed by atoms with Crippen LogP contribution in [0.3, 0.4) is 0 Å². The minimum atomic E-state index is -0.731. The molecule has 0 saturated carbocycles. The topological polar surface area (TPSA) is 154 Å². The summed E-state index contributed by atoms with van der Waals surface area (Å²) >= 11 is 31.2. The number of allylic oxidation sites excluding steroid dienone is 8. The summed E-state index contributed by atoms with van der Waals surface area (Å²) in [6.45, 7) is 23.6. The van der Waals surface area contributed by atoms with Gasteiger partial charge in [0.25, 0.3) is 0 Å². The molecule has 10 nitrogen and oxygen atoms in total. The van der Waals surface area contributed by atoms with E-state index in [-0.39, 0.29) is 70.5 Å². The van der Waals surface area contributed by atoms with Crippen LogP contribution in [0.1, 0.15) is 105 Å². The van der Waals surface area contributed by atoms with Crippen molar-refractivity contribution in [3.05, 3.63) is 279 Å². The average molecular weight is 1420 g/mol. The van der Waals surface area contributed by atoms with E-state index in [9.17, 15) is 41.9 Å². The van der Waals surface area contributed by atoms with Crippen molar-refractivity contribution < 1.29 is 41.2 Å². The summed E-state index contributed by atoms with van der Waals surface area (Å²) in [6, 6.07) is 44.3. The molecule has 0 radical (unpaired) electrons. The molecule has 0 atom stereocenters. The zero-order chi connectivity index (χ0) is 71.7. The number of carbonyl (C=O) groups is 4. The van der Waals surface area contributed by atoms with Gasteiger partial charge in [-0.25, -0.2) is 32.7 Å². The molecule has 0 unspecified atom stereocenters. The molecule has 12 rings (SSSR count). The number of fused-ring (bicyclic) bond motifs is 2. The SMILES string of the molecule is CC(C)(C)C1=CC(=O)C(=O)C(c2c(F)cccc2Cl)=C1.CC(C)(C)C1=CC(c2c(F)cccc2Cl)=CC(=O)C1=O.CC(C)(C)c1cc(-c2c(Cl)cccc2Cl)cc2nc(-c3ccccc3)c(=O)oc12.CC(C)(C)c1cc(-c2c(F)cccc2Cl)c2oc(=O)c(-c3ccccc3)nc2c1. The Morgan fingerprint density at radius 1 is 0.378 bits per heavy atom. The molecule has 0 N–H and O–H groups in total. The fourth-order valence-electron chi connectivity index (χ4n) is 10.7. The van der Waals surface area contributed by atoms with Crippen LogP contribution in [0.4, 0.5) is 13.2 Å². The van der Waals surface area contributed by atoms with Crippen molar-refractivity contribution >= 4 is 114 Å². The summed E-state index contributed by atoms with van der Waals surface area (Å²) in [5, 5.41) is 1.68. The van der Waals surface area contributed by atoms with E-state index in [4.69, 9.17) is 66.8 Å². The molecule has 0 spiro atoms. The Morgan fingerprint density at radius 3 is 1.28 bits per heavy atom. The van der Waals surface area contributed by atoms with E-state index in [1.165, 1.54) is 42.5 Å². The lowest BCUT2D eigenvalue weighted by molar-refractivity contribution is -0.132. The lowest BCUT2D eigenvalue weighted by atomic mass is 9.78. The van der Waals surface area contributed by atoms with E-state index in [1.54, 1.807) is 54.6 Å². The van der Waals surface area contributed by atoms with E-state index in [0.29, 0.717) is 60.1 Å². The number of carbonyl (C=O) groups excluding carboxylic acids is 4. The molecule has 0 amide bonds. The van der Waals surface area contributed by atoms with Gasteiger partial charge in [-0.2, -0.15) is 0 Å². The Hall–Kier alpha value is -9.08. The van der Waals surface area contributed by atoms with Gasteiger partial charge >= 0.3 is 11.3 Å². The Balaban J connectivity index is 0.000000155. The van der Waals surface area contributed by atoms with Crippen molar-refractivity contribution in [2.75, 3.05) is 0 Å². The highest BCUT2D eigenvalue weighted by Gasteiger charge is 2.34. The second-order valence-corrected chi connectivity index (χ2v) is 29.3. The second-order valence-electron chi connectivity index (χ2n) is 27.3. The molecule has 2 heterocycles. The molecule has 8 aromatic carbocycles. The lowest BCUT2D eigenvalue weighted by Gasteiger charge is -2.24. The third-order valence-corrected chi connectivity index (χ3v) is 17.5. The van der Waals surface area contributed by atoms with Crippen molar-refractivity contribution in [3.63, 3.8) is 0 Å². The van der Waals surface area contributed by atoms with Crippen LogP contribution in [0, 0.1) is 28.3 Å². The molecule has 98 heavy (non-hydrogen) atoms. The van der Waals surface area contributed by atoms with Crippen molar-refractivity contribution in [2.45, 2.75) is 93.9 Å².